The molecule has 3 aromatic rings. The molecular weight excluding hydrogens is 277 g/mol. The topological polar surface area (TPSA) is 41.6 Å². The standard InChI is InChI=1S/C15H9ClFN3/c1-20-14(8-18)12-7-9(16)6-11(15(12)19-20)10-4-2-3-5-13(10)17/h2-7H,1H3. The SMILES string of the molecule is Cn1nc2c(-c3ccccc3F)cc(Cl)cc2c1C#N. The monoisotopic (exact) mass is 285 g/mol. The molecule has 0 amide bonds. The lowest BCUT2D eigenvalue weighted by atomic mass is 10.0. The molecule has 0 aliphatic carbocycles. The maximum absolute atomic E-state index is 14.0. The van der Waals surface area contributed by atoms with E-state index in [0.717, 1.165) is 0 Å². The third kappa shape index (κ3) is 1.84. The fourth-order valence-electron chi connectivity index (χ4n) is 2.28. The van der Waals surface area contributed by atoms with Crippen LogP contribution in [0.1, 0.15) is 5.69 Å². The van der Waals surface area contributed by atoms with Crippen molar-refractivity contribution in [2.75, 3.05) is 0 Å². The highest BCUT2D eigenvalue weighted by Gasteiger charge is 2.16. The van der Waals surface area contributed by atoms with Crippen molar-refractivity contribution >= 4 is 22.5 Å². The van der Waals surface area contributed by atoms with Gasteiger partial charge in [-0.05, 0) is 18.2 Å². The van der Waals surface area contributed by atoms with E-state index in [1.54, 1.807) is 37.4 Å². The second kappa shape index (κ2) is 4.62. The molecule has 0 spiro atoms. The summed E-state index contributed by atoms with van der Waals surface area (Å²) < 4.78 is 15.5. The molecule has 5 heteroatoms. The highest BCUT2D eigenvalue weighted by atomic mass is 35.5. The Kier molecular flexibility index (Phi) is 2.92. The molecule has 0 saturated heterocycles. The lowest BCUT2D eigenvalue weighted by Gasteiger charge is -2.05. The van der Waals surface area contributed by atoms with Crippen molar-refractivity contribution in [3.05, 3.63) is 52.9 Å². The zero-order valence-electron chi connectivity index (χ0n) is 10.6. The lowest BCUT2D eigenvalue weighted by molar-refractivity contribution is 0.631. The maximum Gasteiger partial charge on any atom is 0.146 e. The summed E-state index contributed by atoms with van der Waals surface area (Å²) in [6, 6.07) is 11.9. The van der Waals surface area contributed by atoms with Gasteiger partial charge in [-0.1, -0.05) is 29.8 Å². The van der Waals surface area contributed by atoms with Crippen molar-refractivity contribution in [2.24, 2.45) is 7.05 Å². The number of hydrogen-bond donors (Lipinski definition) is 0. The van der Waals surface area contributed by atoms with E-state index in [1.165, 1.54) is 10.7 Å². The summed E-state index contributed by atoms with van der Waals surface area (Å²) in [6.07, 6.45) is 0. The number of aryl methyl sites for hydroxylation is 1. The minimum absolute atomic E-state index is 0.347. The largest absolute Gasteiger partial charge is 0.257 e. The molecule has 3 nitrogen and oxygen atoms in total. The van der Waals surface area contributed by atoms with Crippen LogP contribution in [-0.2, 0) is 7.05 Å². The predicted octanol–water partition coefficient (Wildman–Crippen LogP) is 3.90. The number of hydrogen-bond acceptors (Lipinski definition) is 2. The Labute approximate surface area is 119 Å². The van der Waals surface area contributed by atoms with Crippen LogP contribution in [0.25, 0.3) is 22.0 Å². The van der Waals surface area contributed by atoms with Crippen molar-refractivity contribution in [1.82, 2.24) is 9.78 Å². The van der Waals surface area contributed by atoms with Crippen LogP contribution >= 0.6 is 11.6 Å². The molecule has 3 rings (SSSR count). The number of aromatic nitrogens is 2. The first-order valence-corrected chi connectivity index (χ1v) is 6.31. The van der Waals surface area contributed by atoms with Gasteiger partial charge < -0.3 is 0 Å². The molecule has 1 heterocycles. The Balaban J connectivity index is 2.43. The molecule has 0 atom stereocenters. The summed E-state index contributed by atoms with van der Waals surface area (Å²) in [7, 11) is 1.68. The van der Waals surface area contributed by atoms with Gasteiger partial charge in [0.2, 0.25) is 0 Å². The minimum atomic E-state index is -0.347. The number of benzene rings is 2. The zero-order chi connectivity index (χ0) is 14.3. The number of fused-ring (bicyclic) bond motifs is 1. The van der Waals surface area contributed by atoms with Gasteiger partial charge in [-0.25, -0.2) is 4.39 Å². The second-order valence-electron chi connectivity index (χ2n) is 4.41. The molecule has 0 N–H and O–H groups in total. The van der Waals surface area contributed by atoms with Gasteiger partial charge in [0.1, 0.15) is 23.1 Å². The number of nitriles is 1. The molecule has 0 aliphatic rings. The first-order chi connectivity index (χ1) is 9.61. The fourth-order valence-corrected chi connectivity index (χ4v) is 2.50. The molecule has 0 radical (unpaired) electrons. The van der Waals surface area contributed by atoms with E-state index in [0.29, 0.717) is 32.7 Å². The minimum Gasteiger partial charge on any atom is -0.257 e. The quantitative estimate of drug-likeness (QED) is 0.680. The van der Waals surface area contributed by atoms with Gasteiger partial charge in [0.25, 0.3) is 0 Å². The molecule has 0 fully saturated rings. The van der Waals surface area contributed by atoms with Crippen molar-refractivity contribution < 1.29 is 4.39 Å². The van der Waals surface area contributed by atoms with Crippen LogP contribution < -0.4 is 0 Å². The molecule has 0 saturated carbocycles. The molecule has 0 bridgehead atoms. The fraction of sp³-hybridized carbons (Fsp3) is 0.0667. The molecule has 20 heavy (non-hydrogen) atoms. The van der Waals surface area contributed by atoms with Gasteiger partial charge in [-0.3, -0.25) is 4.68 Å². The van der Waals surface area contributed by atoms with Crippen LogP contribution in [0.3, 0.4) is 0 Å². The third-order valence-corrected chi connectivity index (χ3v) is 3.39. The smallest absolute Gasteiger partial charge is 0.146 e. The van der Waals surface area contributed by atoms with Gasteiger partial charge in [0, 0.05) is 28.6 Å². The van der Waals surface area contributed by atoms with Crippen molar-refractivity contribution in [3.63, 3.8) is 0 Å². The Bertz CT molecular complexity index is 861. The summed E-state index contributed by atoms with van der Waals surface area (Å²) in [6.45, 7) is 0. The molecule has 0 unspecified atom stereocenters. The van der Waals surface area contributed by atoms with E-state index < -0.39 is 0 Å². The normalized spacial score (nSPS) is 10.7. The molecule has 98 valence electrons. The van der Waals surface area contributed by atoms with Crippen LogP contribution in [0.2, 0.25) is 5.02 Å². The van der Waals surface area contributed by atoms with E-state index in [4.69, 9.17) is 11.6 Å². The van der Waals surface area contributed by atoms with Gasteiger partial charge in [-0.15, -0.1) is 0 Å². The van der Waals surface area contributed by atoms with E-state index in [1.807, 2.05) is 0 Å². The predicted molar refractivity (Wildman–Crippen MR) is 75.8 cm³/mol. The number of rotatable bonds is 1. The van der Waals surface area contributed by atoms with Crippen LogP contribution in [-0.4, -0.2) is 9.78 Å². The Morgan fingerprint density at radius 2 is 2.00 bits per heavy atom. The van der Waals surface area contributed by atoms with Gasteiger partial charge >= 0.3 is 0 Å². The Hall–Kier alpha value is -2.38. The summed E-state index contributed by atoms with van der Waals surface area (Å²) >= 11 is 6.10. The van der Waals surface area contributed by atoms with Crippen molar-refractivity contribution in [3.8, 4) is 17.2 Å². The highest BCUT2D eigenvalue weighted by Crippen LogP contribution is 2.33. The van der Waals surface area contributed by atoms with Gasteiger partial charge in [0.15, 0.2) is 0 Å². The summed E-state index contributed by atoms with van der Waals surface area (Å²) in [5.41, 5.74) is 1.98. The van der Waals surface area contributed by atoms with Crippen molar-refractivity contribution in [2.45, 2.75) is 0 Å². The molecule has 1 aromatic heterocycles. The highest BCUT2D eigenvalue weighted by molar-refractivity contribution is 6.32. The van der Waals surface area contributed by atoms with E-state index in [-0.39, 0.29) is 5.82 Å². The summed E-state index contributed by atoms with van der Waals surface area (Å²) in [4.78, 5) is 0. The van der Waals surface area contributed by atoms with E-state index in [2.05, 4.69) is 11.2 Å². The third-order valence-electron chi connectivity index (χ3n) is 3.17. The summed E-state index contributed by atoms with van der Waals surface area (Å²) in [5, 5.41) is 14.6. The van der Waals surface area contributed by atoms with Gasteiger partial charge in [-0.2, -0.15) is 10.4 Å². The second-order valence-corrected chi connectivity index (χ2v) is 4.85. The zero-order valence-corrected chi connectivity index (χ0v) is 11.3. The Morgan fingerprint density at radius 3 is 2.70 bits per heavy atom. The van der Waals surface area contributed by atoms with Crippen LogP contribution in [0.15, 0.2) is 36.4 Å². The van der Waals surface area contributed by atoms with E-state index in [9.17, 15) is 9.65 Å². The first kappa shape index (κ1) is 12.6. The van der Waals surface area contributed by atoms with E-state index >= 15 is 0 Å². The molecular formula is C15H9ClFN3. The molecule has 0 aliphatic heterocycles. The van der Waals surface area contributed by atoms with Gasteiger partial charge in [0.05, 0.1) is 0 Å². The van der Waals surface area contributed by atoms with Crippen LogP contribution in [0.4, 0.5) is 4.39 Å². The average molecular weight is 286 g/mol. The van der Waals surface area contributed by atoms with Crippen LogP contribution in [0.5, 0.6) is 0 Å². The average Bonchev–Trinajstić information content (AvgIpc) is 2.74. The van der Waals surface area contributed by atoms with Crippen molar-refractivity contribution in [1.29, 1.82) is 5.26 Å². The number of nitrogens with zero attached hydrogens (tertiary/aromatic N) is 3. The Morgan fingerprint density at radius 1 is 1.25 bits per heavy atom. The first-order valence-electron chi connectivity index (χ1n) is 5.93. The summed E-state index contributed by atoms with van der Waals surface area (Å²) in [5.74, 6) is -0.347. The number of halogens is 2. The lowest BCUT2D eigenvalue weighted by Crippen LogP contribution is -1.92. The maximum atomic E-state index is 14.0. The molecule has 2 aromatic carbocycles. The van der Waals surface area contributed by atoms with Crippen LogP contribution in [0, 0.1) is 17.1 Å².